The van der Waals surface area contributed by atoms with E-state index in [1.54, 1.807) is 48.7 Å². The minimum atomic E-state index is -0.255. The maximum Gasteiger partial charge on any atom is 0.247 e. The summed E-state index contributed by atoms with van der Waals surface area (Å²) in [7, 11) is 0. The van der Waals surface area contributed by atoms with Crippen LogP contribution in [0.3, 0.4) is 0 Å². The molecule has 0 bridgehead atoms. The Kier molecular flexibility index (Phi) is 3.42. The topological polar surface area (TPSA) is 76.9 Å². The van der Waals surface area contributed by atoms with Crippen LogP contribution >= 0.6 is 0 Å². The Balaban J connectivity index is 1.87. The number of benzene rings is 1. The van der Waals surface area contributed by atoms with Gasteiger partial charge in [-0.15, -0.1) is 0 Å². The molecule has 2 heterocycles. The van der Waals surface area contributed by atoms with Gasteiger partial charge >= 0.3 is 0 Å². The van der Waals surface area contributed by atoms with Crippen LogP contribution in [0.5, 0.6) is 0 Å². The number of carbonyl (C=O) groups excluding carboxylic acids is 1. The number of amides is 1. The highest BCUT2D eigenvalue weighted by atomic mass is 16.2. The van der Waals surface area contributed by atoms with Crippen molar-refractivity contribution in [2.75, 3.05) is 5.32 Å². The van der Waals surface area contributed by atoms with Gasteiger partial charge in [-0.2, -0.15) is 5.10 Å². The van der Waals surface area contributed by atoms with E-state index >= 15 is 0 Å². The first-order valence-electron chi connectivity index (χ1n) is 6.40. The number of anilines is 1. The summed E-state index contributed by atoms with van der Waals surface area (Å²) >= 11 is 0. The number of carbonyl (C=O) groups is 1. The van der Waals surface area contributed by atoms with E-state index in [0.29, 0.717) is 16.7 Å². The number of fused-ring (bicyclic) bond motifs is 1. The summed E-state index contributed by atoms with van der Waals surface area (Å²) in [6, 6.07) is 12.3. The van der Waals surface area contributed by atoms with Gasteiger partial charge in [-0.1, -0.05) is 18.2 Å². The summed E-state index contributed by atoms with van der Waals surface area (Å²) in [6.45, 7) is 0.0113. The smallest absolute Gasteiger partial charge is 0.247 e. The van der Waals surface area contributed by atoms with Gasteiger partial charge in [-0.25, -0.2) is 4.98 Å². The lowest BCUT2D eigenvalue weighted by atomic mass is 10.2. The van der Waals surface area contributed by atoms with Crippen LogP contribution in [-0.4, -0.2) is 20.7 Å². The first-order chi connectivity index (χ1) is 10.2. The van der Waals surface area contributed by atoms with Gasteiger partial charge in [0.2, 0.25) is 11.3 Å². The quantitative estimate of drug-likeness (QED) is 0.787. The standard InChI is InChI=1S/C15H12N4O2/c20-13-9-17-19(12-6-2-1-5-11(12)13)10-15(21)18-14-7-3-4-8-16-14/h1-9H,10H2,(H,16,18,21). The fraction of sp³-hybridized carbons (Fsp3) is 0.0667. The Labute approximate surface area is 120 Å². The van der Waals surface area contributed by atoms with Crippen LogP contribution < -0.4 is 10.7 Å². The second-order valence-electron chi connectivity index (χ2n) is 4.45. The Hall–Kier alpha value is -3.02. The van der Waals surface area contributed by atoms with Crippen LogP contribution in [-0.2, 0) is 11.3 Å². The zero-order chi connectivity index (χ0) is 14.7. The third-order valence-electron chi connectivity index (χ3n) is 2.99. The van der Waals surface area contributed by atoms with Gasteiger partial charge < -0.3 is 5.32 Å². The van der Waals surface area contributed by atoms with Gasteiger partial charge in [0.15, 0.2) is 0 Å². The van der Waals surface area contributed by atoms with Crippen molar-refractivity contribution in [3.05, 3.63) is 65.1 Å². The van der Waals surface area contributed by atoms with E-state index in [0.717, 1.165) is 0 Å². The van der Waals surface area contributed by atoms with Crippen molar-refractivity contribution in [1.29, 1.82) is 0 Å². The van der Waals surface area contributed by atoms with Crippen LogP contribution in [0.4, 0.5) is 5.82 Å². The fourth-order valence-corrected chi connectivity index (χ4v) is 2.04. The summed E-state index contributed by atoms with van der Waals surface area (Å²) in [5, 5.41) is 7.23. The molecule has 0 radical (unpaired) electrons. The lowest BCUT2D eigenvalue weighted by Gasteiger charge is -2.09. The van der Waals surface area contributed by atoms with E-state index in [4.69, 9.17) is 0 Å². The second kappa shape index (κ2) is 5.54. The summed E-state index contributed by atoms with van der Waals surface area (Å²) < 4.78 is 1.50. The monoisotopic (exact) mass is 280 g/mol. The predicted molar refractivity (Wildman–Crippen MR) is 78.9 cm³/mol. The van der Waals surface area contributed by atoms with Gasteiger partial charge in [0.05, 0.1) is 11.7 Å². The van der Waals surface area contributed by atoms with E-state index in [1.807, 2.05) is 0 Å². The molecule has 1 N–H and O–H groups in total. The molecular formula is C15H12N4O2. The maximum atomic E-state index is 12.0. The molecule has 104 valence electrons. The van der Waals surface area contributed by atoms with E-state index in [2.05, 4.69) is 15.4 Å². The molecule has 0 aliphatic heterocycles. The van der Waals surface area contributed by atoms with Crippen molar-refractivity contribution in [3.8, 4) is 0 Å². The average molecular weight is 280 g/mol. The Morgan fingerprint density at radius 3 is 2.76 bits per heavy atom. The number of hydrogen-bond donors (Lipinski definition) is 1. The van der Waals surface area contributed by atoms with Crippen molar-refractivity contribution >= 4 is 22.6 Å². The largest absolute Gasteiger partial charge is 0.309 e. The van der Waals surface area contributed by atoms with E-state index in [1.165, 1.54) is 10.9 Å². The van der Waals surface area contributed by atoms with Crippen molar-refractivity contribution in [2.45, 2.75) is 6.54 Å². The molecule has 3 aromatic rings. The molecular weight excluding hydrogens is 268 g/mol. The van der Waals surface area contributed by atoms with E-state index in [-0.39, 0.29) is 17.9 Å². The molecule has 0 aliphatic rings. The molecule has 1 amide bonds. The number of rotatable bonds is 3. The fourth-order valence-electron chi connectivity index (χ4n) is 2.04. The molecule has 0 spiro atoms. The maximum absolute atomic E-state index is 12.0. The predicted octanol–water partition coefficient (Wildman–Crippen LogP) is 1.43. The molecule has 0 saturated carbocycles. The SMILES string of the molecule is O=C(Cn1ncc(=O)c2ccccc21)Nc1ccccn1. The van der Waals surface area contributed by atoms with Crippen molar-refractivity contribution in [1.82, 2.24) is 14.8 Å². The van der Waals surface area contributed by atoms with Gasteiger partial charge in [0, 0.05) is 11.6 Å². The number of aromatic nitrogens is 3. The van der Waals surface area contributed by atoms with Crippen LogP contribution in [0.2, 0.25) is 0 Å². The molecule has 1 aromatic carbocycles. The van der Waals surface area contributed by atoms with Crippen LogP contribution in [0.1, 0.15) is 0 Å². The molecule has 0 atom stereocenters. The van der Waals surface area contributed by atoms with Gasteiger partial charge in [-0.05, 0) is 24.3 Å². The number of nitrogens with zero attached hydrogens (tertiary/aromatic N) is 3. The average Bonchev–Trinajstić information content (AvgIpc) is 2.51. The molecule has 0 unspecified atom stereocenters. The minimum Gasteiger partial charge on any atom is -0.309 e. The zero-order valence-electron chi connectivity index (χ0n) is 11.1. The normalized spacial score (nSPS) is 10.5. The number of pyridine rings is 1. The number of hydrogen-bond acceptors (Lipinski definition) is 4. The van der Waals surface area contributed by atoms with Crippen LogP contribution in [0.25, 0.3) is 10.9 Å². The lowest BCUT2D eigenvalue weighted by Crippen LogP contribution is -2.22. The van der Waals surface area contributed by atoms with Crippen LogP contribution in [0.15, 0.2) is 59.7 Å². The number of para-hydroxylation sites is 1. The van der Waals surface area contributed by atoms with Gasteiger partial charge in [-0.3, -0.25) is 14.3 Å². The second-order valence-corrected chi connectivity index (χ2v) is 4.45. The Morgan fingerprint density at radius 1 is 1.14 bits per heavy atom. The van der Waals surface area contributed by atoms with Gasteiger partial charge in [0.1, 0.15) is 12.4 Å². The Morgan fingerprint density at radius 2 is 1.95 bits per heavy atom. The summed E-state index contributed by atoms with van der Waals surface area (Å²) in [4.78, 5) is 27.8. The lowest BCUT2D eigenvalue weighted by molar-refractivity contribution is -0.116. The van der Waals surface area contributed by atoms with Crippen LogP contribution in [0, 0.1) is 0 Å². The van der Waals surface area contributed by atoms with E-state index in [9.17, 15) is 9.59 Å². The molecule has 21 heavy (non-hydrogen) atoms. The minimum absolute atomic E-state index is 0.0113. The van der Waals surface area contributed by atoms with Gasteiger partial charge in [0.25, 0.3) is 0 Å². The zero-order valence-corrected chi connectivity index (χ0v) is 11.1. The molecule has 0 saturated heterocycles. The van der Waals surface area contributed by atoms with E-state index < -0.39 is 0 Å². The third kappa shape index (κ3) is 2.79. The molecule has 6 nitrogen and oxygen atoms in total. The first-order valence-corrected chi connectivity index (χ1v) is 6.40. The molecule has 2 aromatic heterocycles. The molecule has 6 heteroatoms. The third-order valence-corrected chi connectivity index (χ3v) is 2.99. The van der Waals surface area contributed by atoms with Crippen molar-refractivity contribution in [3.63, 3.8) is 0 Å². The summed E-state index contributed by atoms with van der Waals surface area (Å²) in [5.74, 6) is 0.225. The number of nitrogens with one attached hydrogen (secondary N) is 1. The Bertz CT molecular complexity index is 843. The van der Waals surface area contributed by atoms with Crippen molar-refractivity contribution in [2.24, 2.45) is 0 Å². The summed E-state index contributed by atoms with van der Waals surface area (Å²) in [5.41, 5.74) is 0.466. The first kappa shape index (κ1) is 13.0. The highest BCUT2D eigenvalue weighted by Gasteiger charge is 2.08. The van der Waals surface area contributed by atoms with Crippen molar-refractivity contribution < 1.29 is 4.79 Å². The summed E-state index contributed by atoms with van der Waals surface area (Å²) in [6.07, 6.45) is 2.82. The molecule has 0 aliphatic carbocycles. The molecule has 0 fully saturated rings. The molecule has 3 rings (SSSR count). The highest BCUT2D eigenvalue weighted by molar-refractivity contribution is 5.90. The highest BCUT2D eigenvalue weighted by Crippen LogP contribution is 2.08.